The maximum atomic E-state index is 11.7. The minimum atomic E-state index is -0.340. The molecule has 3 aromatic rings. The second-order valence-electron chi connectivity index (χ2n) is 3.73. The van der Waals surface area contributed by atoms with Crippen LogP contribution in [-0.4, -0.2) is 16.1 Å². The Morgan fingerprint density at radius 3 is 3.00 bits per heavy atom. The predicted octanol–water partition coefficient (Wildman–Crippen LogP) is 3.04. The zero-order valence-corrected chi connectivity index (χ0v) is 11.0. The lowest BCUT2D eigenvalue weighted by Crippen LogP contribution is -2.07. The molecule has 0 unspecified atom stereocenters. The highest BCUT2D eigenvalue weighted by Crippen LogP contribution is 2.19. The number of aromatic nitrogens is 2. The summed E-state index contributed by atoms with van der Waals surface area (Å²) in [5.41, 5.74) is 0. The molecule has 100 valence electrons. The Hall–Kier alpha value is -2.67. The third kappa shape index (κ3) is 2.83. The molecule has 0 spiro atoms. The van der Waals surface area contributed by atoms with Gasteiger partial charge in [-0.3, -0.25) is 10.1 Å². The average Bonchev–Trinajstić information content (AvgIpc) is 3.18. The number of amides is 1. The zero-order valence-electron chi connectivity index (χ0n) is 10.1. The van der Waals surface area contributed by atoms with Crippen molar-refractivity contribution in [3.05, 3.63) is 46.9 Å². The van der Waals surface area contributed by atoms with Crippen LogP contribution >= 0.6 is 11.3 Å². The summed E-state index contributed by atoms with van der Waals surface area (Å²) in [5, 5.41) is 11.9. The van der Waals surface area contributed by atoms with Crippen LogP contribution in [0.2, 0.25) is 0 Å². The maximum Gasteiger partial charge on any atom is 0.322 e. The normalized spacial score (nSPS) is 11.0. The van der Waals surface area contributed by atoms with E-state index in [1.165, 1.54) is 12.3 Å². The van der Waals surface area contributed by atoms with Crippen LogP contribution in [-0.2, 0) is 4.79 Å². The van der Waals surface area contributed by atoms with Crippen LogP contribution in [0.15, 0.2) is 50.8 Å². The second-order valence-corrected chi connectivity index (χ2v) is 4.71. The molecule has 1 amide bonds. The largest absolute Gasteiger partial charge is 0.459 e. The van der Waals surface area contributed by atoms with Crippen LogP contribution in [0.25, 0.3) is 17.7 Å². The SMILES string of the molecule is O=C(C=Cc1cccs1)Nc1nnc(-c2ccco2)o1. The fourth-order valence-electron chi connectivity index (χ4n) is 1.46. The first-order chi connectivity index (χ1) is 9.81. The molecule has 0 aliphatic carbocycles. The standard InChI is InChI=1S/C13H9N3O3S/c17-11(6-5-9-3-2-8-20-9)14-13-16-15-12(19-13)10-4-1-7-18-10/h1-8H,(H,14,16,17). The lowest BCUT2D eigenvalue weighted by atomic mass is 10.4. The third-order valence-corrected chi connectivity index (χ3v) is 3.17. The van der Waals surface area contributed by atoms with Gasteiger partial charge in [0, 0.05) is 11.0 Å². The Balaban J connectivity index is 1.65. The molecule has 1 N–H and O–H groups in total. The third-order valence-electron chi connectivity index (χ3n) is 2.33. The molecule has 0 atom stereocenters. The van der Waals surface area contributed by atoms with E-state index in [4.69, 9.17) is 8.83 Å². The summed E-state index contributed by atoms with van der Waals surface area (Å²) >= 11 is 1.54. The summed E-state index contributed by atoms with van der Waals surface area (Å²) in [6.45, 7) is 0. The van der Waals surface area contributed by atoms with E-state index < -0.39 is 0 Å². The minimum absolute atomic E-state index is 0.0252. The quantitative estimate of drug-likeness (QED) is 0.746. The van der Waals surface area contributed by atoms with Crippen molar-refractivity contribution in [2.75, 3.05) is 5.32 Å². The lowest BCUT2D eigenvalue weighted by Gasteiger charge is -1.93. The molecule has 3 aromatic heterocycles. The first kappa shape index (κ1) is 12.4. The number of furan rings is 1. The van der Waals surface area contributed by atoms with Crippen LogP contribution < -0.4 is 5.32 Å². The molecule has 6 nitrogen and oxygen atoms in total. The Kier molecular flexibility index (Phi) is 3.42. The molecule has 20 heavy (non-hydrogen) atoms. The van der Waals surface area contributed by atoms with Gasteiger partial charge in [-0.15, -0.1) is 16.4 Å². The second kappa shape index (κ2) is 5.54. The van der Waals surface area contributed by atoms with Crippen LogP contribution in [0.5, 0.6) is 0 Å². The number of nitrogens with zero attached hydrogens (tertiary/aromatic N) is 2. The fraction of sp³-hybridized carbons (Fsp3) is 0. The van der Waals surface area contributed by atoms with Gasteiger partial charge in [0.1, 0.15) is 0 Å². The lowest BCUT2D eigenvalue weighted by molar-refractivity contribution is -0.112. The molecule has 0 aliphatic rings. The fourth-order valence-corrected chi connectivity index (χ4v) is 2.08. The van der Waals surface area contributed by atoms with Gasteiger partial charge < -0.3 is 8.83 Å². The van der Waals surface area contributed by atoms with Crippen LogP contribution in [0.4, 0.5) is 6.01 Å². The first-order valence-corrected chi connectivity index (χ1v) is 6.59. The summed E-state index contributed by atoms with van der Waals surface area (Å²) in [6, 6.07) is 7.25. The topological polar surface area (TPSA) is 81.2 Å². The number of anilines is 1. The van der Waals surface area contributed by atoms with E-state index in [-0.39, 0.29) is 17.8 Å². The highest BCUT2D eigenvalue weighted by molar-refractivity contribution is 7.10. The van der Waals surface area contributed by atoms with Crippen molar-refractivity contribution in [1.82, 2.24) is 10.2 Å². The molecular formula is C13H9N3O3S. The molecule has 0 radical (unpaired) electrons. The van der Waals surface area contributed by atoms with E-state index >= 15 is 0 Å². The molecule has 0 saturated heterocycles. The van der Waals surface area contributed by atoms with Crippen LogP contribution in [0.3, 0.4) is 0 Å². The molecule has 3 heterocycles. The summed E-state index contributed by atoms with van der Waals surface area (Å²) in [7, 11) is 0. The van der Waals surface area contributed by atoms with E-state index in [1.54, 1.807) is 29.5 Å². The van der Waals surface area contributed by atoms with Gasteiger partial charge in [0.2, 0.25) is 0 Å². The van der Waals surface area contributed by atoms with Crippen molar-refractivity contribution in [3.8, 4) is 11.7 Å². The van der Waals surface area contributed by atoms with Gasteiger partial charge in [0.05, 0.1) is 6.26 Å². The van der Waals surface area contributed by atoms with Crippen LogP contribution in [0, 0.1) is 0 Å². The molecule has 0 aliphatic heterocycles. The highest BCUT2D eigenvalue weighted by atomic mass is 32.1. The molecule has 0 saturated carbocycles. The Labute approximate surface area is 117 Å². The van der Waals surface area contributed by atoms with E-state index in [0.717, 1.165) is 4.88 Å². The van der Waals surface area contributed by atoms with Crippen molar-refractivity contribution in [3.63, 3.8) is 0 Å². The number of rotatable bonds is 4. The molecule has 0 aromatic carbocycles. The number of carbonyl (C=O) groups excluding carboxylic acids is 1. The van der Waals surface area contributed by atoms with Crippen LogP contribution in [0.1, 0.15) is 4.88 Å². The van der Waals surface area contributed by atoms with Gasteiger partial charge in [-0.2, -0.15) is 0 Å². The van der Waals surface area contributed by atoms with Crippen molar-refractivity contribution < 1.29 is 13.6 Å². The smallest absolute Gasteiger partial charge is 0.322 e. The predicted molar refractivity (Wildman–Crippen MR) is 74.0 cm³/mol. The van der Waals surface area contributed by atoms with E-state index in [0.29, 0.717) is 5.76 Å². The monoisotopic (exact) mass is 287 g/mol. The van der Waals surface area contributed by atoms with Gasteiger partial charge in [-0.1, -0.05) is 11.2 Å². The van der Waals surface area contributed by atoms with Gasteiger partial charge in [0.25, 0.3) is 11.8 Å². The number of hydrogen-bond acceptors (Lipinski definition) is 6. The first-order valence-electron chi connectivity index (χ1n) is 5.71. The van der Waals surface area contributed by atoms with Gasteiger partial charge in [-0.25, -0.2) is 0 Å². The van der Waals surface area contributed by atoms with Gasteiger partial charge >= 0.3 is 6.01 Å². The van der Waals surface area contributed by atoms with Crippen molar-refractivity contribution in [1.29, 1.82) is 0 Å². The van der Waals surface area contributed by atoms with Crippen molar-refractivity contribution in [2.45, 2.75) is 0 Å². The summed E-state index contributed by atoms with van der Waals surface area (Å²) in [6.07, 6.45) is 4.62. The number of thiophene rings is 1. The van der Waals surface area contributed by atoms with Gasteiger partial charge in [-0.05, 0) is 29.7 Å². The summed E-state index contributed by atoms with van der Waals surface area (Å²) < 4.78 is 10.4. The molecule has 0 bridgehead atoms. The Bertz CT molecular complexity index is 714. The zero-order chi connectivity index (χ0) is 13.8. The summed E-state index contributed by atoms with van der Waals surface area (Å²) in [5.74, 6) is 0.327. The highest BCUT2D eigenvalue weighted by Gasteiger charge is 2.11. The molecule has 3 rings (SSSR count). The van der Waals surface area contributed by atoms with E-state index in [1.807, 2.05) is 17.5 Å². The summed E-state index contributed by atoms with van der Waals surface area (Å²) in [4.78, 5) is 12.6. The number of nitrogens with one attached hydrogen (secondary N) is 1. The van der Waals surface area contributed by atoms with Gasteiger partial charge in [0.15, 0.2) is 5.76 Å². The minimum Gasteiger partial charge on any atom is -0.459 e. The van der Waals surface area contributed by atoms with Crippen molar-refractivity contribution in [2.24, 2.45) is 0 Å². The Morgan fingerprint density at radius 2 is 2.25 bits per heavy atom. The molecule has 0 fully saturated rings. The van der Waals surface area contributed by atoms with E-state index in [2.05, 4.69) is 15.5 Å². The molecule has 7 heteroatoms. The maximum absolute atomic E-state index is 11.7. The number of carbonyl (C=O) groups is 1. The molecular weight excluding hydrogens is 278 g/mol. The van der Waals surface area contributed by atoms with E-state index in [9.17, 15) is 4.79 Å². The number of hydrogen-bond donors (Lipinski definition) is 1. The van der Waals surface area contributed by atoms with Crippen molar-refractivity contribution >= 4 is 29.3 Å². The Morgan fingerprint density at radius 1 is 1.30 bits per heavy atom. The average molecular weight is 287 g/mol.